The molecule has 0 fully saturated rings. The van der Waals surface area contributed by atoms with Crippen LogP contribution in [0.4, 0.5) is 0 Å². The number of ketones is 2. The summed E-state index contributed by atoms with van der Waals surface area (Å²) in [4.78, 5) is 21.7. The Morgan fingerprint density at radius 3 is 2.58 bits per heavy atom. The first kappa shape index (κ1) is 7.24. The van der Waals surface area contributed by atoms with Crippen molar-refractivity contribution in [2.24, 2.45) is 0 Å². The van der Waals surface area contributed by atoms with E-state index in [4.69, 9.17) is 0 Å². The van der Waals surface area contributed by atoms with Crippen molar-refractivity contribution in [1.82, 2.24) is 0 Å². The Kier molecular flexibility index (Phi) is 1.38. The highest BCUT2D eigenvalue weighted by molar-refractivity contribution is 7.08. The Morgan fingerprint density at radius 1 is 1.17 bits per heavy atom. The lowest BCUT2D eigenvalue weighted by Crippen LogP contribution is -2.29. The SMILES string of the molecule is O=C1C=c2scc(O)c2=CC1=O. The Balaban J connectivity index is 2.91. The van der Waals surface area contributed by atoms with Gasteiger partial charge in [0.25, 0.3) is 0 Å². The van der Waals surface area contributed by atoms with Crippen LogP contribution in [0.2, 0.25) is 0 Å². The van der Waals surface area contributed by atoms with Gasteiger partial charge in [0.05, 0.1) is 0 Å². The third kappa shape index (κ3) is 0.887. The van der Waals surface area contributed by atoms with Gasteiger partial charge in [-0.25, -0.2) is 0 Å². The van der Waals surface area contributed by atoms with E-state index in [-0.39, 0.29) is 5.75 Å². The second-order valence-corrected chi connectivity index (χ2v) is 3.33. The molecule has 0 atom stereocenters. The lowest BCUT2D eigenvalue weighted by Gasteiger charge is -1.92. The Hall–Kier alpha value is -1.42. The predicted molar refractivity (Wildman–Crippen MR) is 44.2 cm³/mol. The first-order valence-corrected chi connectivity index (χ1v) is 4.14. The van der Waals surface area contributed by atoms with Gasteiger partial charge in [-0.1, -0.05) is 0 Å². The molecular weight excluding hydrogens is 176 g/mol. The highest BCUT2D eigenvalue weighted by Gasteiger charge is 2.13. The van der Waals surface area contributed by atoms with Crippen molar-refractivity contribution in [1.29, 1.82) is 0 Å². The number of fused-ring (bicyclic) bond motifs is 1. The van der Waals surface area contributed by atoms with Crippen LogP contribution >= 0.6 is 11.3 Å². The topological polar surface area (TPSA) is 54.4 Å². The van der Waals surface area contributed by atoms with E-state index in [1.807, 2.05) is 0 Å². The summed E-state index contributed by atoms with van der Waals surface area (Å²) in [5.41, 5.74) is 0. The minimum atomic E-state index is -0.573. The van der Waals surface area contributed by atoms with Gasteiger partial charge in [-0.05, 0) is 0 Å². The van der Waals surface area contributed by atoms with Crippen LogP contribution in [-0.4, -0.2) is 16.7 Å². The fourth-order valence-corrected chi connectivity index (χ4v) is 1.85. The van der Waals surface area contributed by atoms with Gasteiger partial charge >= 0.3 is 0 Å². The molecule has 0 bridgehead atoms. The molecule has 0 saturated carbocycles. The van der Waals surface area contributed by atoms with Gasteiger partial charge in [-0.15, -0.1) is 11.3 Å². The van der Waals surface area contributed by atoms with Crippen molar-refractivity contribution in [3.8, 4) is 5.75 Å². The monoisotopic (exact) mass is 180 g/mol. The predicted octanol–water partition coefficient (Wildman–Crippen LogP) is -0.834. The van der Waals surface area contributed by atoms with Gasteiger partial charge < -0.3 is 5.11 Å². The van der Waals surface area contributed by atoms with Crippen LogP contribution in [0.25, 0.3) is 12.2 Å². The molecule has 0 aromatic carbocycles. The molecule has 2 rings (SSSR count). The molecule has 1 aliphatic carbocycles. The Bertz CT molecular complexity index is 481. The van der Waals surface area contributed by atoms with Crippen LogP contribution < -0.4 is 9.75 Å². The zero-order valence-corrected chi connectivity index (χ0v) is 6.72. The minimum Gasteiger partial charge on any atom is -0.506 e. The lowest BCUT2D eigenvalue weighted by molar-refractivity contribution is -0.129. The van der Waals surface area contributed by atoms with Crippen molar-refractivity contribution in [2.45, 2.75) is 0 Å². The van der Waals surface area contributed by atoms with E-state index in [2.05, 4.69) is 0 Å². The van der Waals surface area contributed by atoms with Crippen molar-refractivity contribution in [3.63, 3.8) is 0 Å². The van der Waals surface area contributed by atoms with Crippen molar-refractivity contribution in [2.75, 3.05) is 0 Å². The number of thiophene rings is 1. The van der Waals surface area contributed by atoms with Crippen LogP contribution in [0.3, 0.4) is 0 Å². The van der Waals surface area contributed by atoms with Crippen LogP contribution in [-0.2, 0) is 9.59 Å². The standard InChI is InChI=1S/C8H4O3S/c9-5-1-4-7(11)3-12-8(4)2-6(5)10/h1-3,11H. The summed E-state index contributed by atoms with van der Waals surface area (Å²) in [5.74, 6) is -1.03. The molecule has 3 nitrogen and oxygen atoms in total. The summed E-state index contributed by atoms with van der Waals surface area (Å²) in [6, 6.07) is 0. The largest absolute Gasteiger partial charge is 0.506 e. The zero-order valence-electron chi connectivity index (χ0n) is 5.90. The van der Waals surface area contributed by atoms with E-state index < -0.39 is 11.6 Å². The molecule has 1 aromatic heterocycles. The van der Waals surface area contributed by atoms with Crippen LogP contribution in [0.15, 0.2) is 5.38 Å². The van der Waals surface area contributed by atoms with Gasteiger partial charge in [0.2, 0.25) is 11.6 Å². The highest BCUT2D eigenvalue weighted by Crippen LogP contribution is 2.03. The van der Waals surface area contributed by atoms with Gasteiger partial charge in [-0.2, -0.15) is 0 Å². The first-order chi connectivity index (χ1) is 5.68. The lowest BCUT2D eigenvalue weighted by atomic mass is 10.1. The summed E-state index contributed by atoms with van der Waals surface area (Å²) in [7, 11) is 0. The molecule has 0 spiro atoms. The molecule has 0 amide bonds. The maximum Gasteiger partial charge on any atom is 0.227 e. The van der Waals surface area contributed by atoms with Gasteiger partial charge in [-0.3, -0.25) is 9.59 Å². The number of carbonyl (C=O) groups excluding carboxylic acids is 2. The molecule has 0 radical (unpaired) electrons. The normalized spacial score (nSPS) is 15.0. The molecule has 1 heterocycles. The molecule has 1 aliphatic rings. The molecule has 12 heavy (non-hydrogen) atoms. The smallest absolute Gasteiger partial charge is 0.227 e. The summed E-state index contributed by atoms with van der Waals surface area (Å²) in [6.07, 6.45) is 2.42. The number of hydrogen-bond donors (Lipinski definition) is 1. The number of carbonyl (C=O) groups is 2. The maximum atomic E-state index is 10.9. The van der Waals surface area contributed by atoms with E-state index in [9.17, 15) is 14.7 Å². The summed E-state index contributed by atoms with van der Waals surface area (Å²) in [5, 5.41) is 11.2. The minimum absolute atomic E-state index is 0.0621. The fourth-order valence-electron chi connectivity index (χ4n) is 1.02. The van der Waals surface area contributed by atoms with Crippen LogP contribution in [0.5, 0.6) is 5.75 Å². The van der Waals surface area contributed by atoms with Crippen molar-refractivity contribution in [3.05, 3.63) is 15.1 Å². The van der Waals surface area contributed by atoms with Crippen LogP contribution in [0.1, 0.15) is 0 Å². The average Bonchev–Trinajstić information content (AvgIpc) is 2.35. The Morgan fingerprint density at radius 2 is 1.83 bits per heavy atom. The summed E-state index contributed by atoms with van der Waals surface area (Å²) >= 11 is 1.25. The van der Waals surface area contributed by atoms with Gasteiger partial charge in [0, 0.05) is 27.3 Å². The number of Topliss-reactive ketones (excluding diaryl/α,β-unsaturated/α-hetero) is 2. The zero-order chi connectivity index (χ0) is 8.72. The fraction of sp³-hybridized carbons (Fsp3) is 0. The number of aromatic hydroxyl groups is 1. The van der Waals surface area contributed by atoms with Gasteiger partial charge in [0.1, 0.15) is 5.75 Å². The third-order valence-corrected chi connectivity index (χ3v) is 2.55. The maximum absolute atomic E-state index is 10.9. The highest BCUT2D eigenvalue weighted by atomic mass is 32.1. The quantitative estimate of drug-likeness (QED) is 0.530. The Labute approximate surface area is 71.3 Å². The molecular formula is C8H4O3S. The van der Waals surface area contributed by atoms with E-state index in [1.54, 1.807) is 0 Å². The molecule has 4 heteroatoms. The second kappa shape index (κ2) is 2.28. The van der Waals surface area contributed by atoms with E-state index in [1.165, 1.54) is 28.9 Å². The van der Waals surface area contributed by atoms with Crippen molar-refractivity contribution < 1.29 is 14.7 Å². The molecule has 1 N–H and O–H groups in total. The first-order valence-electron chi connectivity index (χ1n) is 3.27. The third-order valence-electron chi connectivity index (χ3n) is 1.62. The second-order valence-electron chi connectivity index (χ2n) is 2.42. The van der Waals surface area contributed by atoms with E-state index >= 15 is 0 Å². The van der Waals surface area contributed by atoms with Gasteiger partial charge in [0.15, 0.2) is 0 Å². The molecule has 0 saturated heterocycles. The molecule has 1 aromatic rings. The number of hydrogen-bond acceptors (Lipinski definition) is 4. The van der Waals surface area contributed by atoms with E-state index in [0.29, 0.717) is 9.75 Å². The molecule has 0 unspecified atom stereocenters. The summed E-state index contributed by atoms with van der Waals surface area (Å²) < 4.78 is 0.650. The number of rotatable bonds is 0. The van der Waals surface area contributed by atoms with E-state index in [0.717, 1.165) is 0 Å². The van der Waals surface area contributed by atoms with Crippen LogP contribution in [0, 0.1) is 0 Å². The molecule has 60 valence electrons. The molecule has 0 aliphatic heterocycles. The summed E-state index contributed by atoms with van der Waals surface area (Å²) in [6.45, 7) is 0. The average molecular weight is 180 g/mol. The van der Waals surface area contributed by atoms with Crippen molar-refractivity contribution >= 4 is 35.1 Å².